The molecule has 0 aromatic carbocycles. The van der Waals surface area contributed by atoms with Gasteiger partial charge in [0.15, 0.2) is 0 Å². The second-order valence-corrected chi connectivity index (χ2v) is 3.13. The van der Waals surface area contributed by atoms with E-state index >= 15 is 0 Å². The van der Waals surface area contributed by atoms with Crippen molar-refractivity contribution in [3.05, 3.63) is 0 Å². The largest absolute Gasteiger partial charge is 0.405 e. The third kappa shape index (κ3) is 7.85. The van der Waals surface area contributed by atoms with Crippen LogP contribution in [0.5, 0.6) is 0 Å². The van der Waals surface area contributed by atoms with Crippen molar-refractivity contribution in [1.82, 2.24) is 10.2 Å². The molecule has 1 amide bonds. The van der Waals surface area contributed by atoms with E-state index in [1.54, 1.807) is 17.3 Å². The monoisotopic (exact) mass is 212 g/mol. The van der Waals surface area contributed by atoms with Crippen LogP contribution in [0.15, 0.2) is 0 Å². The second kappa shape index (κ2) is 5.85. The van der Waals surface area contributed by atoms with Crippen molar-refractivity contribution in [3.63, 3.8) is 0 Å². The van der Waals surface area contributed by atoms with Gasteiger partial charge in [-0.25, -0.2) is 0 Å². The number of hydrogen-bond donors (Lipinski definition) is 1. The van der Waals surface area contributed by atoms with Gasteiger partial charge in [-0.05, 0) is 20.0 Å². The number of rotatable bonds is 5. The van der Waals surface area contributed by atoms with Gasteiger partial charge in [0.25, 0.3) is 0 Å². The van der Waals surface area contributed by atoms with E-state index in [0.717, 1.165) is 6.42 Å². The predicted octanol–water partition coefficient (Wildman–Crippen LogP) is 1.01. The Bertz CT molecular complexity index is 182. The van der Waals surface area contributed by atoms with Gasteiger partial charge < -0.3 is 5.32 Å². The first-order valence-electron chi connectivity index (χ1n) is 4.37. The Morgan fingerprint density at radius 3 is 2.43 bits per heavy atom. The van der Waals surface area contributed by atoms with Crippen molar-refractivity contribution in [2.24, 2.45) is 0 Å². The van der Waals surface area contributed by atoms with E-state index in [1.807, 2.05) is 6.92 Å². The van der Waals surface area contributed by atoms with E-state index in [-0.39, 0.29) is 6.54 Å². The number of carbonyl (C=O) groups excluding carboxylic acids is 1. The summed E-state index contributed by atoms with van der Waals surface area (Å²) in [5, 5.41) is 1.81. The van der Waals surface area contributed by atoms with Gasteiger partial charge in [-0.15, -0.1) is 0 Å². The zero-order chi connectivity index (χ0) is 11.2. The van der Waals surface area contributed by atoms with E-state index < -0.39 is 18.6 Å². The van der Waals surface area contributed by atoms with Gasteiger partial charge in [0.1, 0.15) is 6.54 Å². The second-order valence-electron chi connectivity index (χ2n) is 3.13. The molecule has 0 radical (unpaired) electrons. The summed E-state index contributed by atoms with van der Waals surface area (Å²) in [6, 6.07) is 0. The van der Waals surface area contributed by atoms with Crippen LogP contribution in [-0.2, 0) is 4.79 Å². The van der Waals surface area contributed by atoms with E-state index in [9.17, 15) is 18.0 Å². The fraction of sp³-hybridized carbons (Fsp3) is 0.875. The molecule has 0 heterocycles. The highest BCUT2D eigenvalue weighted by Crippen LogP contribution is 2.11. The van der Waals surface area contributed by atoms with Crippen molar-refractivity contribution >= 4 is 5.91 Å². The Balaban J connectivity index is 3.65. The number of hydrogen-bond acceptors (Lipinski definition) is 2. The lowest BCUT2D eigenvalue weighted by atomic mass is 10.4. The summed E-state index contributed by atoms with van der Waals surface area (Å²) < 4.78 is 35.0. The molecule has 0 aliphatic rings. The molecular formula is C8H15F3N2O. The third-order valence-electron chi connectivity index (χ3n) is 1.50. The molecule has 0 aromatic rings. The normalized spacial score (nSPS) is 11.9. The SMILES string of the molecule is CCCN(C)CC(=O)NCC(F)(F)F. The minimum absolute atomic E-state index is 0.00389. The molecule has 0 saturated carbocycles. The summed E-state index contributed by atoms with van der Waals surface area (Å²) >= 11 is 0. The third-order valence-corrected chi connectivity index (χ3v) is 1.50. The van der Waals surface area contributed by atoms with Crippen molar-refractivity contribution in [2.45, 2.75) is 19.5 Å². The molecule has 0 aromatic heterocycles. The highest BCUT2D eigenvalue weighted by Gasteiger charge is 2.27. The van der Waals surface area contributed by atoms with Crippen LogP contribution in [0, 0.1) is 0 Å². The van der Waals surface area contributed by atoms with Gasteiger partial charge in [-0.3, -0.25) is 9.69 Å². The Morgan fingerprint density at radius 1 is 1.43 bits per heavy atom. The van der Waals surface area contributed by atoms with Crippen LogP contribution in [0.4, 0.5) is 13.2 Å². The first kappa shape index (κ1) is 13.2. The molecule has 1 N–H and O–H groups in total. The molecule has 0 saturated heterocycles. The lowest BCUT2D eigenvalue weighted by molar-refractivity contribution is -0.138. The van der Waals surface area contributed by atoms with Crippen LogP contribution >= 0.6 is 0 Å². The van der Waals surface area contributed by atoms with Crippen LogP contribution in [-0.4, -0.2) is 43.7 Å². The summed E-state index contributed by atoms with van der Waals surface area (Å²) in [6.07, 6.45) is -3.47. The molecule has 84 valence electrons. The fourth-order valence-electron chi connectivity index (χ4n) is 0.961. The quantitative estimate of drug-likeness (QED) is 0.737. The van der Waals surface area contributed by atoms with Crippen molar-refractivity contribution in [3.8, 4) is 0 Å². The minimum Gasteiger partial charge on any atom is -0.346 e. The van der Waals surface area contributed by atoms with Crippen LogP contribution in [0.3, 0.4) is 0 Å². The van der Waals surface area contributed by atoms with E-state index in [2.05, 4.69) is 0 Å². The molecule has 14 heavy (non-hydrogen) atoms. The number of nitrogens with one attached hydrogen (secondary N) is 1. The fourth-order valence-corrected chi connectivity index (χ4v) is 0.961. The Morgan fingerprint density at radius 2 is 2.00 bits per heavy atom. The molecule has 0 spiro atoms. The smallest absolute Gasteiger partial charge is 0.346 e. The molecule has 0 atom stereocenters. The Hall–Kier alpha value is -0.780. The molecule has 0 fully saturated rings. The summed E-state index contributed by atoms with van der Waals surface area (Å²) in [6.45, 7) is 1.37. The van der Waals surface area contributed by atoms with Crippen molar-refractivity contribution < 1.29 is 18.0 Å². The van der Waals surface area contributed by atoms with E-state index in [4.69, 9.17) is 0 Å². The number of halogens is 3. The molecule has 0 rings (SSSR count). The number of alkyl halides is 3. The van der Waals surface area contributed by atoms with Crippen LogP contribution in [0.25, 0.3) is 0 Å². The summed E-state index contributed by atoms with van der Waals surface area (Å²) in [5.41, 5.74) is 0. The Kier molecular flexibility index (Phi) is 5.52. The van der Waals surface area contributed by atoms with Crippen molar-refractivity contribution in [2.75, 3.05) is 26.7 Å². The zero-order valence-electron chi connectivity index (χ0n) is 8.32. The molecule has 6 heteroatoms. The van der Waals surface area contributed by atoms with E-state index in [1.165, 1.54) is 0 Å². The maximum Gasteiger partial charge on any atom is 0.405 e. The zero-order valence-corrected chi connectivity index (χ0v) is 8.32. The molecule has 0 aliphatic carbocycles. The lowest BCUT2D eigenvalue weighted by Gasteiger charge is -2.15. The van der Waals surface area contributed by atoms with E-state index in [0.29, 0.717) is 6.54 Å². The predicted molar refractivity (Wildman–Crippen MR) is 46.9 cm³/mol. The average molecular weight is 212 g/mol. The highest BCUT2D eigenvalue weighted by atomic mass is 19.4. The number of carbonyl (C=O) groups is 1. The first-order valence-corrected chi connectivity index (χ1v) is 4.37. The van der Waals surface area contributed by atoms with Gasteiger partial charge in [0.05, 0.1) is 6.54 Å². The summed E-state index contributed by atoms with van der Waals surface area (Å²) in [4.78, 5) is 12.6. The van der Waals surface area contributed by atoms with Gasteiger partial charge in [-0.1, -0.05) is 6.92 Å². The first-order chi connectivity index (χ1) is 6.35. The van der Waals surface area contributed by atoms with Gasteiger partial charge in [-0.2, -0.15) is 13.2 Å². The lowest BCUT2D eigenvalue weighted by Crippen LogP contribution is -2.40. The van der Waals surface area contributed by atoms with Gasteiger partial charge in [0.2, 0.25) is 5.91 Å². The number of likely N-dealkylation sites (N-methyl/N-ethyl adjacent to an activating group) is 1. The standard InChI is InChI=1S/C8H15F3N2O/c1-3-4-13(2)5-7(14)12-6-8(9,10)11/h3-6H2,1-2H3,(H,12,14). The topological polar surface area (TPSA) is 32.3 Å². The molecule has 0 unspecified atom stereocenters. The highest BCUT2D eigenvalue weighted by molar-refractivity contribution is 5.77. The minimum atomic E-state index is -4.33. The maximum absolute atomic E-state index is 11.7. The van der Waals surface area contributed by atoms with Gasteiger partial charge in [0, 0.05) is 0 Å². The van der Waals surface area contributed by atoms with Crippen molar-refractivity contribution in [1.29, 1.82) is 0 Å². The van der Waals surface area contributed by atoms with Crippen LogP contribution in [0.2, 0.25) is 0 Å². The van der Waals surface area contributed by atoms with Crippen LogP contribution in [0.1, 0.15) is 13.3 Å². The molecular weight excluding hydrogens is 197 g/mol. The summed E-state index contributed by atoms with van der Waals surface area (Å²) in [5.74, 6) is -0.599. The Labute approximate surface area is 81.3 Å². The summed E-state index contributed by atoms with van der Waals surface area (Å²) in [7, 11) is 1.69. The molecule has 0 bridgehead atoms. The molecule has 3 nitrogen and oxygen atoms in total. The number of nitrogens with zero attached hydrogens (tertiary/aromatic N) is 1. The maximum atomic E-state index is 11.7. The van der Waals surface area contributed by atoms with Crippen LogP contribution < -0.4 is 5.32 Å². The van der Waals surface area contributed by atoms with Gasteiger partial charge >= 0.3 is 6.18 Å². The molecule has 0 aliphatic heterocycles. The number of amides is 1. The average Bonchev–Trinajstić information content (AvgIpc) is 2.00.